The van der Waals surface area contributed by atoms with Gasteiger partial charge in [-0.05, 0) is 31.9 Å². The molecule has 0 radical (unpaired) electrons. The Bertz CT molecular complexity index is 1160. The highest BCUT2D eigenvalue weighted by Crippen LogP contribution is 2.39. The Morgan fingerprint density at radius 1 is 1.19 bits per heavy atom. The van der Waals surface area contributed by atoms with Crippen molar-refractivity contribution in [1.29, 1.82) is 0 Å². The number of nitrogen functional groups attached to an aromatic ring is 1. The first kappa shape index (κ1) is 15.3. The summed E-state index contributed by atoms with van der Waals surface area (Å²) in [5, 5.41) is 2.02. The molecule has 4 N–H and O–H groups in total. The zero-order valence-electron chi connectivity index (χ0n) is 14.6. The van der Waals surface area contributed by atoms with Crippen molar-refractivity contribution in [1.82, 2.24) is 19.5 Å². The Kier molecular flexibility index (Phi) is 3.24. The summed E-state index contributed by atoms with van der Waals surface area (Å²) in [4.78, 5) is 13.7. The maximum absolute atomic E-state index is 6.34. The van der Waals surface area contributed by atoms with Gasteiger partial charge < -0.3 is 16.0 Å². The highest BCUT2D eigenvalue weighted by atomic mass is 15.1. The van der Waals surface area contributed by atoms with Crippen LogP contribution in [0.2, 0.25) is 0 Å². The maximum Gasteiger partial charge on any atom is 0.146 e. The molecule has 6 nitrogen and oxygen atoms in total. The molecule has 0 spiro atoms. The van der Waals surface area contributed by atoms with Crippen LogP contribution in [0.4, 0.5) is 5.82 Å². The number of hydrogen-bond acceptors (Lipinski definition) is 5. The van der Waals surface area contributed by atoms with Crippen LogP contribution in [-0.4, -0.2) is 25.6 Å². The summed E-state index contributed by atoms with van der Waals surface area (Å²) in [5.41, 5.74) is 17.8. The summed E-state index contributed by atoms with van der Waals surface area (Å²) >= 11 is 0. The Morgan fingerprint density at radius 3 is 2.92 bits per heavy atom. The lowest BCUT2D eigenvalue weighted by Crippen LogP contribution is -2.31. The summed E-state index contributed by atoms with van der Waals surface area (Å²) in [6.07, 6.45) is 3.78. The third kappa shape index (κ3) is 2.19. The van der Waals surface area contributed by atoms with Gasteiger partial charge in [-0.3, -0.25) is 4.98 Å². The molecule has 3 aromatic heterocycles. The van der Waals surface area contributed by atoms with Crippen molar-refractivity contribution in [3.8, 4) is 11.1 Å². The van der Waals surface area contributed by atoms with Gasteiger partial charge in [0, 0.05) is 41.0 Å². The zero-order chi connectivity index (χ0) is 17.8. The van der Waals surface area contributed by atoms with E-state index in [-0.39, 0.29) is 6.04 Å². The van der Waals surface area contributed by atoms with E-state index in [1.54, 1.807) is 0 Å². The quantitative estimate of drug-likeness (QED) is 0.553. The predicted octanol–water partition coefficient (Wildman–Crippen LogP) is 2.81. The van der Waals surface area contributed by atoms with Gasteiger partial charge in [-0.2, -0.15) is 0 Å². The molecule has 0 amide bonds. The number of anilines is 1. The molecule has 0 bridgehead atoms. The first-order chi connectivity index (χ1) is 12.6. The van der Waals surface area contributed by atoms with E-state index in [2.05, 4.69) is 31.7 Å². The summed E-state index contributed by atoms with van der Waals surface area (Å²) in [5.74, 6) is 1.20. The van der Waals surface area contributed by atoms with Crippen LogP contribution in [-0.2, 0) is 13.0 Å². The summed E-state index contributed by atoms with van der Waals surface area (Å²) < 4.78 is 2.22. The van der Waals surface area contributed by atoms with Crippen LogP contribution in [0.25, 0.3) is 33.1 Å². The Labute approximate surface area is 150 Å². The number of benzene rings is 1. The minimum absolute atomic E-state index is 0.136. The molecule has 1 aliphatic rings. The SMILES string of the molecule is Cc1nc(N)c2c(-c3cnc4ccccc4c3)c3n(c2n1)CC(N)CC3. The van der Waals surface area contributed by atoms with E-state index in [1.165, 1.54) is 5.69 Å². The Hall–Kier alpha value is -2.99. The van der Waals surface area contributed by atoms with Crippen molar-refractivity contribution in [2.75, 3.05) is 5.73 Å². The molecule has 0 fully saturated rings. The second-order valence-electron chi connectivity index (χ2n) is 7.00. The van der Waals surface area contributed by atoms with Gasteiger partial charge in [0.2, 0.25) is 0 Å². The van der Waals surface area contributed by atoms with Crippen molar-refractivity contribution in [3.05, 3.63) is 48.0 Å². The molecule has 5 rings (SSSR count). The van der Waals surface area contributed by atoms with Crippen LogP contribution >= 0.6 is 0 Å². The van der Waals surface area contributed by atoms with E-state index >= 15 is 0 Å². The van der Waals surface area contributed by atoms with Crippen LogP contribution in [0.1, 0.15) is 17.9 Å². The molecule has 4 heterocycles. The van der Waals surface area contributed by atoms with E-state index in [9.17, 15) is 0 Å². The number of rotatable bonds is 1. The van der Waals surface area contributed by atoms with Crippen molar-refractivity contribution in [2.24, 2.45) is 5.73 Å². The second kappa shape index (κ2) is 5.51. The van der Waals surface area contributed by atoms with Gasteiger partial charge in [-0.25, -0.2) is 9.97 Å². The number of nitrogens with two attached hydrogens (primary N) is 2. The topological polar surface area (TPSA) is 95.6 Å². The van der Waals surface area contributed by atoms with Crippen LogP contribution in [0.3, 0.4) is 0 Å². The second-order valence-corrected chi connectivity index (χ2v) is 7.00. The maximum atomic E-state index is 6.34. The minimum Gasteiger partial charge on any atom is -0.383 e. The predicted molar refractivity (Wildman–Crippen MR) is 104 cm³/mol. The number of hydrogen-bond donors (Lipinski definition) is 2. The van der Waals surface area contributed by atoms with Crippen LogP contribution in [0.15, 0.2) is 36.5 Å². The molecule has 1 atom stereocenters. The van der Waals surface area contributed by atoms with Crippen molar-refractivity contribution >= 4 is 27.8 Å². The fourth-order valence-electron chi connectivity index (χ4n) is 4.04. The Balaban J connectivity index is 1.86. The first-order valence-corrected chi connectivity index (χ1v) is 8.88. The lowest BCUT2D eigenvalue weighted by molar-refractivity contribution is 0.468. The van der Waals surface area contributed by atoms with Crippen LogP contribution in [0, 0.1) is 6.92 Å². The smallest absolute Gasteiger partial charge is 0.146 e. The summed E-state index contributed by atoms with van der Waals surface area (Å²) in [7, 11) is 0. The molecular formula is C20H20N6. The third-order valence-corrected chi connectivity index (χ3v) is 5.20. The zero-order valence-corrected chi connectivity index (χ0v) is 14.6. The number of pyridine rings is 1. The van der Waals surface area contributed by atoms with Crippen molar-refractivity contribution < 1.29 is 0 Å². The lowest BCUT2D eigenvalue weighted by atomic mass is 9.97. The lowest BCUT2D eigenvalue weighted by Gasteiger charge is -2.22. The number of para-hydroxylation sites is 1. The molecule has 130 valence electrons. The molecular weight excluding hydrogens is 324 g/mol. The van der Waals surface area contributed by atoms with Gasteiger partial charge in [-0.1, -0.05) is 18.2 Å². The van der Waals surface area contributed by atoms with Gasteiger partial charge in [0.05, 0.1) is 10.9 Å². The average Bonchev–Trinajstić information content (AvgIpc) is 2.95. The Morgan fingerprint density at radius 2 is 2.04 bits per heavy atom. The normalized spacial score (nSPS) is 16.9. The van der Waals surface area contributed by atoms with Gasteiger partial charge in [-0.15, -0.1) is 0 Å². The molecule has 6 heteroatoms. The number of aromatic nitrogens is 4. The molecule has 1 aromatic carbocycles. The number of fused-ring (bicyclic) bond motifs is 4. The van der Waals surface area contributed by atoms with Crippen molar-refractivity contribution in [2.45, 2.75) is 32.4 Å². The summed E-state index contributed by atoms with van der Waals surface area (Å²) in [6, 6.07) is 10.4. The molecule has 4 aromatic rings. The summed E-state index contributed by atoms with van der Waals surface area (Å²) in [6.45, 7) is 2.62. The van der Waals surface area contributed by atoms with Gasteiger partial charge in [0.15, 0.2) is 0 Å². The molecule has 0 saturated carbocycles. The minimum atomic E-state index is 0.136. The van der Waals surface area contributed by atoms with E-state index < -0.39 is 0 Å². The highest BCUT2D eigenvalue weighted by Gasteiger charge is 2.27. The van der Waals surface area contributed by atoms with Crippen LogP contribution in [0.5, 0.6) is 0 Å². The largest absolute Gasteiger partial charge is 0.383 e. The van der Waals surface area contributed by atoms with Gasteiger partial charge >= 0.3 is 0 Å². The first-order valence-electron chi connectivity index (χ1n) is 8.88. The van der Waals surface area contributed by atoms with E-state index in [0.717, 1.165) is 52.4 Å². The fraction of sp³-hybridized carbons (Fsp3) is 0.250. The molecule has 26 heavy (non-hydrogen) atoms. The van der Waals surface area contributed by atoms with Gasteiger partial charge in [0.1, 0.15) is 17.3 Å². The average molecular weight is 344 g/mol. The number of aryl methyl sites for hydroxylation is 1. The van der Waals surface area contributed by atoms with E-state index in [4.69, 9.17) is 11.5 Å². The van der Waals surface area contributed by atoms with Crippen molar-refractivity contribution in [3.63, 3.8) is 0 Å². The van der Waals surface area contributed by atoms with E-state index in [0.29, 0.717) is 11.6 Å². The molecule has 1 unspecified atom stereocenters. The van der Waals surface area contributed by atoms with Crippen LogP contribution < -0.4 is 11.5 Å². The molecule has 1 aliphatic heterocycles. The molecule has 0 aliphatic carbocycles. The standard InChI is InChI=1S/C20H20N6/c1-11-24-19(22)18-17(13-8-12-4-2-3-5-15(12)23-9-13)16-7-6-14(21)10-26(16)20(18)25-11/h2-5,8-9,14H,6-7,10,21H2,1H3,(H2,22,24,25). The van der Waals surface area contributed by atoms with E-state index in [1.807, 2.05) is 31.3 Å². The fourth-order valence-corrected chi connectivity index (χ4v) is 4.04. The third-order valence-electron chi connectivity index (χ3n) is 5.20. The van der Waals surface area contributed by atoms with Gasteiger partial charge in [0.25, 0.3) is 0 Å². The molecule has 0 saturated heterocycles. The monoisotopic (exact) mass is 344 g/mol. The highest BCUT2D eigenvalue weighted by molar-refractivity contribution is 6.03. The number of nitrogens with zero attached hydrogens (tertiary/aromatic N) is 4.